The zero-order chi connectivity index (χ0) is 14.5. The van der Waals surface area contributed by atoms with Gasteiger partial charge in [0, 0.05) is 6.20 Å². The van der Waals surface area contributed by atoms with Crippen LogP contribution < -0.4 is 10.5 Å². The van der Waals surface area contributed by atoms with Crippen molar-refractivity contribution in [2.75, 3.05) is 12.3 Å². The Hall–Kier alpha value is -2.08. The molecule has 2 rings (SSSR count). The second-order valence-corrected chi connectivity index (χ2v) is 4.63. The van der Waals surface area contributed by atoms with Crippen molar-refractivity contribution >= 4 is 27.6 Å². The monoisotopic (exact) mass is 336 g/mol. The molecule has 0 amide bonds. The van der Waals surface area contributed by atoms with Crippen LogP contribution in [0.25, 0.3) is 0 Å². The third-order valence-corrected chi connectivity index (χ3v) is 3.24. The van der Waals surface area contributed by atoms with E-state index >= 15 is 0 Å². The van der Waals surface area contributed by atoms with Crippen molar-refractivity contribution in [1.29, 1.82) is 0 Å². The van der Waals surface area contributed by atoms with Crippen molar-refractivity contribution in [1.82, 2.24) is 4.98 Å². The molecule has 0 spiro atoms. The van der Waals surface area contributed by atoms with Crippen LogP contribution in [0.1, 0.15) is 17.3 Å². The molecule has 0 saturated carbocycles. The maximum atomic E-state index is 11.7. The van der Waals surface area contributed by atoms with Gasteiger partial charge < -0.3 is 15.2 Å². The number of nitrogens with two attached hydrogens (primary N) is 1. The predicted octanol–water partition coefficient (Wildman–Crippen LogP) is 3.40. The largest absolute Gasteiger partial charge is 0.462 e. The van der Waals surface area contributed by atoms with E-state index in [1.807, 2.05) is 18.2 Å². The number of ether oxygens (including phenoxy) is 2. The van der Waals surface area contributed by atoms with E-state index in [-0.39, 0.29) is 17.9 Å². The van der Waals surface area contributed by atoms with Crippen LogP contribution in [-0.2, 0) is 4.74 Å². The van der Waals surface area contributed by atoms with Crippen LogP contribution in [-0.4, -0.2) is 17.6 Å². The summed E-state index contributed by atoms with van der Waals surface area (Å²) in [6.07, 6.45) is 1.34. The lowest BCUT2D eigenvalue weighted by Crippen LogP contribution is -2.09. The highest BCUT2D eigenvalue weighted by Crippen LogP contribution is 2.34. The van der Waals surface area contributed by atoms with Crippen LogP contribution in [0, 0.1) is 0 Å². The molecule has 0 radical (unpaired) electrons. The number of nitrogens with zero attached hydrogens (tertiary/aromatic N) is 1. The Kier molecular flexibility index (Phi) is 4.57. The summed E-state index contributed by atoms with van der Waals surface area (Å²) >= 11 is 3.29. The number of hydrogen-bond acceptors (Lipinski definition) is 5. The zero-order valence-electron chi connectivity index (χ0n) is 10.8. The van der Waals surface area contributed by atoms with Crippen LogP contribution in [0.15, 0.2) is 41.0 Å². The highest BCUT2D eigenvalue weighted by Gasteiger charge is 2.18. The molecule has 0 aliphatic rings. The molecule has 0 bridgehead atoms. The van der Waals surface area contributed by atoms with E-state index in [0.29, 0.717) is 16.1 Å². The van der Waals surface area contributed by atoms with Gasteiger partial charge in [-0.25, -0.2) is 9.78 Å². The van der Waals surface area contributed by atoms with Crippen molar-refractivity contribution in [3.05, 3.63) is 46.6 Å². The van der Waals surface area contributed by atoms with E-state index in [1.54, 1.807) is 19.1 Å². The lowest BCUT2D eigenvalue weighted by atomic mass is 10.2. The van der Waals surface area contributed by atoms with E-state index in [0.717, 1.165) is 0 Å². The van der Waals surface area contributed by atoms with Crippen LogP contribution in [0.5, 0.6) is 11.6 Å². The molecule has 0 saturated heterocycles. The number of esters is 1. The first-order valence-electron chi connectivity index (χ1n) is 5.97. The minimum absolute atomic E-state index is 0.208. The van der Waals surface area contributed by atoms with Crippen molar-refractivity contribution in [3.8, 4) is 11.6 Å². The molecular weight excluding hydrogens is 324 g/mol. The number of para-hydroxylation sites is 1. The molecule has 0 aliphatic carbocycles. The quantitative estimate of drug-likeness (QED) is 0.866. The number of carbonyl (C=O) groups excluding carboxylic acids is 1. The van der Waals surface area contributed by atoms with Gasteiger partial charge in [-0.15, -0.1) is 0 Å². The van der Waals surface area contributed by atoms with E-state index in [1.165, 1.54) is 6.20 Å². The van der Waals surface area contributed by atoms with Crippen molar-refractivity contribution in [2.24, 2.45) is 0 Å². The Morgan fingerprint density at radius 2 is 2.05 bits per heavy atom. The van der Waals surface area contributed by atoms with Crippen LogP contribution in [0.4, 0.5) is 5.69 Å². The van der Waals surface area contributed by atoms with Crippen molar-refractivity contribution in [3.63, 3.8) is 0 Å². The summed E-state index contributed by atoms with van der Waals surface area (Å²) in [5, 5.41) is 0. The molecule has 0 aliphatic heterocycles. The van der Waals surface area contributed by atoms with Crippen molar-refractivity contribution in [2.45, 2.75) is 6.92 Å². The molecule has 0 atom stereocenters. The van der Waals surface area contributed by atoms with Gasteiger partial charge in [-0.05, 0) is 35.0 Å². The molecule has 104 valence electrons. The predicted molar refractivity (Wildman–Crippen MR) is 78.8 cm³/mol. The number of halogens is 1. The fourth-order valence-corrected chi connectivity index (χ4v) is 1.92. The summed E-state index contributed by atoms with van der Waals surface area (Å²) in [5.41, 5.74) is 6.35. The minimum atomic E-state index is -0.510. The van der Waals surface area contributed by atoms with Gasteiger partial charge in [-0.2, -0.15) is 0 Å². The van der Waals surface area contributed by atoms with Crippen LogP contribution in [0.2, 0.25) is 0 Å². The van der Waals surface area contributed by atoms with Crippen molar-refractivity contribution < 1.29 is 14.3 Å². The van der Waals surface area contributed by atoms with Crippen LogP contribution >= 0.6 is 15.9 Å². The lowest BCUT2D eigenvalue weighted by Gasteiger charge is -2.11. The number of nitrogen functional groups attached to an aromatic ring is 1. The molecular formula is C14H13BrN2O3. The number of hydrogen-bond donors (Lipinski definition) is 1. The fraction of sp³-hybridized carbons (Fsp3) is 0.143. The number of carbonyl (C=O) groups is 1. The Morgan fingerprint density at radius 1 is 1.35 bits per heavy atom. The molecule has 6 heteroatoms. The number of anilines is 1. The normalized spacial score (nSPS) is 10.1. The highest BCUT2D eigenvalue weighted by atomic mass is 79.9. The first kappa shape index (κ1) is 14.3. The Balaban J connectivity index is 2.29. The smallest absolute Gasteiger partial charge is 0.341 e. The number of benzene rings is 1. The number of pyridine rings is 1. The summed E-state index contributed by atoms with van der Waals surface area (Å²) < 4.78 is 10.9. The average Bonchev–Trinajstić information content (AvgIpc) is 2.45. The summed E-state index contributed by atoms with van der Waals surface area (Å²) in [7, 11) is 0. The number of aromatic nitrogens is 1. The first-order chi connectivity index (χ1) is 9.63. The minimum Gasteiger partial charge on any atom is -0.462 e. The Bertz CT molecular complexity index is 617. The first-order valence-corrected chi connectivity index (χ1v) is 6.76. The third kappa shape index (κ3) is 3.08. The second-order valence-electron chi connectivity index (χ2n) is 3.84. The Labute approximate surface area is 124 Å². The Morgan fingerprint density at radius 3 is 2.70 bits per heavy atom. The fourth-order valence-electron chi connectivity index (χ4n) is 1.53. The molecule has 2 aromatic rings. The maximum Gasteiger partial charge on any atom is 0.341 e. The lowest BCUT2D eigenvalue weighted by molar-refractivity contribution is 0.0527. The van der Waals surface area contributed by atoms with E-state index < -0.39 is 5.97 Å². The number of rotatable bonds is 4. The van der Waals surface area contributed by atoms with Gasteiger partial charge in [0.25, 0.3) is 0 Å². The maximum absolute atomic E-state index is 11.7. The topological polar surface area (TPSA) is 74.4 Å². The molecule has 1 aromatic carbocycles. The second kappa shape index (κ2) is 6.38. The molecule has 1 heterocycles. The van der Waals surface area contributed by atoms with E-state index in [9.17, 15) is 4.79 Å². The standard InChI is InChI=1S/C14H13BrN2O3/c1-2-19-14(18)10-8-17-13(11(15)12(10)16)20-9-6-4-3-5-7-9/h3-8H,2H2,1H3,(H2,16,17). The van der Waals surface area contributed by atoms with Gasteiger partial charge in [0.1, 0.15) is 15.8 Å². The third-order valence-electron chi connectivity index (χ3n) is 2.48. The van der Waals surface area contributed by atoms with Gasteiger partial charge in [0.15, 0.2) is 0 Å². The molecule has 1 aromatic heterocycles. The molecule has 0 fully saturated rings. The van der Waals surface area contributed by atoms with Gasteiger partial charge in [-0.3, -0.25) is 0 Å². The average molecular weight is 337 g/mol. The summed E-state index contributed by atoms with van der Waals surface area (Å²) in [4.78, 5) is 15.8. The van der Waals surface area contributed by atoms with Gasteiger partial charge in [-0.1, -0.05) is 18.2 Å². The molecule has 0 unspecified atom stereocenters. The van der Waals surface area contributed by atoms with Crippen LogP contribution in [0.3, 0.4) is 0 Å². The van der Waals surface area contributed by atoms with E-state index in [4.69, 9.17) is 15.2 Å². The van der Waals surface area contributed by atoms with Gasteiger partial charge >= 0.3 is 5.97 Å². The van der Waals surface area contributed by atoms with E-state index in [2.05, 4.69) is 20.9 Å². The molecule has 2 N–H and O–H groups in total. The molecule has 20 heavy (non-hydrogen) atoms. The SMILES string of the molecule is CCOC(=O)c1cnc(Oc2ccccc2)c(Br)c1N. The summed E-state index contributed by atoms with van der Waals surface area (Å²) in [5.74, 6) is 0.412. The zero-order valence-corrected chi connectivity index (χ0v) is 12.4. The van der Waals surface area contributed by atoms with Gasteiger partial charge in [0.05, 0.1) is 12.3 Å². The van der Waals surface area contributed by atoms with Gasteiger partial charge in [0.2, 0.25) is 5.88 Å². The summed E-state index contributed by atoms with van der Waals surface area (Å²) in [6.45, 7) is 2.00. The highest BCUT2D eigenvalue weighted by molar-refractivity contribution is 9.10. The summed E-state index contributed by atoms with van der Waals surface area (Å²) in [6, 6.07) is 9.17. The molecule has 5 nitrogen and oxygen atoms in total.